The second-order valence-electron chi connectivity index (χ2n) is 16.0. The molecule has 0 spiro atoms. The number of aromatic nitrogens is 2. The summed E-state index contributed by atoms with van der Waals surface area (Å²) in [7, 11) is 0. The van der Waals surface area contributed by atoms with Gasteiger partial charge in [0.25, 0.3) is 0 Å². The molecular weight excluding hydrogens is 753 g/mol. The first kappa shape index (κ1) is 35.8. The number of hydrogen-bond acceptors (Lipinski definition) is 3. The van der Waals surface area contributed by atoms with Crippen molar-refractivity contribution in [2.75, 3.05) is 0 Å². The molecule has 62 heavy (non-hydrogen) atoms. The fraction of sp³-hybridized carbons (Fsp3) is 0.0169. The quantitative estimate of drug-likeness (QED) is 0.161. The molecule has 0 atom stereocenters. The van der Waals surface area contributed by atoms with Crippen molar-refractivity contribution in [3.63, 3.8) is 0 Å². The van der Waals surface area contributed by atoms with Crippen molar-refractivity contribution in [1.82, 2.24) is 9.97 Å². The van der Waals surface area contributed by atoms with Crippen molar-refractivity contribution in [3.05, 3.63) is 253 Å². The van der Waals surface area contributed by atoms with Gasteiger partial charge in [0.1, 0.15) is 11.2 Å². The Balaban J connectivity index is 0.922. The van der Waals surface area contributed by atoms with Gasteiger partial charge in [-0.05, 0) is 79.9 Å². The summed E-state index contributed by atoms with van der Waals surface area (Å²) in [5, 5.41) is 2.25. The molecule has 2 heterocycles. The second-order valence-corrected chi connectivity index (χ2v) is 16.0. The summed E-state index contributed by atoms with van der Waals surface area (Å²) in [4.78, 5) is 10.3. The molecule has 0 bridgehead atoms. The van der Waals surface area contributed by atoms with E-state index in [0.29, 0.717) is 5.82 Å². The number of fused-ring (bicyclic) bond motifs is 6. The van der Waals surface area contributed by atoms with Crippen molar-refractivity contribution >= 4 is 21.9 Å². The average molecular weight is 791 g/mol. The van der Waals surface area contributed by atoms with E-state index in [1.807, 2.05) is 36.4 Å². The summed E-state index contributed by atoms with van der Waals surface area (Å²) in [6, 6.07) is 82.2. The van der Waals surface area contributed by atoms with Gasteiger partial charge in [0.15, 0.2) is 5.82 Å². The summed E-state index contributed by atoms with van der Waals surface area (Å²) >= 11 is 0. The minimum atomic E-state index is -0.416. The molecule has 1 aliphatic carbocycles. The zero-order chi connectivity index (χ0) is 41.0. The highest BCUT2D eigenvalue weighted by Crippen LogP contribution is 2.56. The van der Waals surface area contributed by atoms with Crippen LogP contribution >= 0.6 is 0 Å². The first-order valence-electron chi connectivity index (χ1n) is 21.1. The van der Waals surface area contributed by atoms with Crippen LogP contribution in [0.25, 0.3) is 89.2 Å². The Bertz CT molecular complexity index is 3390. The third-order valence-corrected chi connectivity index (χ3v) is 12.6. The van der Waals surface area contributed by atoms with E-state index in [1.54, 1.807) is 0 Å². The molecule has 1 aliphatic rings. The molecule has 0 saturated carbocycles. The predicted molar refractivity (Wildman–Crippen MR) is 254 cm³/mol. The van der Waals surface area contributed by atoms with Crippen molar-refractivity contribution in [1.29, 1.82) is 0 Å². The molecule has 0 N–H and O–H groups in total. The van der Waals surface area contributed by atoms with Gasteiger partial charge < -0.3 is 4.42 Å². The number of rotatable bonds is 7. The molecule has 0 amide bonds. The van der Waals surface area contributed by atoms with Crippen LogP contribution in [0.4, 0.5) is 0 Å². The molecule has 9 aromatic carbocycles. The maximum absolute atomic E-state index is 6.20. The third kappa shape index (κ3) is 5.74. The van der Waals surface area contributed by atoms with Gasteiger partial charge in [-0.15, -0.1) is 0 Å². The first-order chi connectivity index (χ1) is 30.7. The smallest absolute Gasteiger partial charge is 0.160 e. The fourth-order valence-corrected chi connectivity index (χ4v) is 9.76. The Kier molecular flexibility index (Phi) is 8.39. The highest BCUT2D eigenvalue weighted by Gasteiger charge is 2.45. The average Bonchev–Trinajstić information content (AvgIpc) is 3.89. The lowest BCUT2D eigenvalue weighted by molar-refractivity contribution is 0.669. The molecule has 0 fully saturated rings. The molecule has 12 rings (SSSR count). The van der Waals surface area contributed by atoms with E-state index in [-0.39, 0.29) is 0 Å². The lowest BCUT2D eigenvalue weighted by atomic mass is 9.67. The Morgan fingerprint density at radius 1 is 0.323 bits per heavy atom. The summed E-state index contributed by atoms with van der Waals surface area (Å²) < 4.78 is 6.20. The van der Waals surface area contributed by atoms with E-state index in [4.69, 9.17) is 14.4 Å². The van der Waals surface area contributed by atoms with E-state index >= 15 is 0 Å². The molecule has 11 aromatic rings. The lowest BCUT2D eigenvalue weighted by Gasteiger charge is -2.33. The van der Waals surface area contributed by atoms with Gasteiger partial charge in [0, 0.05) is 27.5 Å². The maximum atomic E-state index is 6.20. The largest absolute Gasteiger partial charge is 0.456 e. The fourth-order valence-electron chi connectivity index (χ4n) is 9.76. The van der Waals surface area contributed by atoms with Crippen molar-refractivity contribution in [2.24, 2.45) is 0 Å². The lowest BCUT2D eigenvalue weighted by Crippen LogP contribution is -2.28. The first-order valence-corrected chi connectivity index (χ1v) is 21.1. The molecule has 0 saturated heterocycles. The second kappa shape index (κ2) is 14.5. The summed E-state index contributed by atoms with van der Waals surface area (Å²) in [6.45, 7) is 0. The van der Waals surface area contributed by atoms with Crippen LogP contribution in [0.5, 0.6) is 0 Å². The molecule has 3 nitrogen and oxygen atoms in total. The Hall–Kier alpha value is -8.14. The molecule has 0 unspecified atom stereocenters. The van der Waals surface area contributed by atoms with Crippen molar-refractivity contribution < 1.29 is 4.42 Å². The van der Waals surface area contributed by atoms with E-state index in [1.165, 1.54) is 38.9 Å². The van der Waals surface area contributed by atoms with Gasteiger partial charge in [-0.1, -0.05) is 206 Å². The van der Waals surface area contributed by atoms with E-state index in [9.17, 15) is 0 Å². The minimum absolute atomic E-state index is 0.416. The number of para-hydroxylation sites is 1. The number of furan rings is 1. The Morgan fingerprint density at radius 2 is 0.839 bits per heavy atom. The normalized spacial score (nSPS) is 12.6. The molecule has 3 heteroatoms. The van der Waals surface area contributed by atoms with Crippen LogP contribution in [-0.2, 0) is 5.41 Å². The van der Waals surface area contributed by atoms with Crippen LogP contribution in [-0.4, -0.2) is 9.97 Å². The van der Waals surface area contributed by atoms with Gasteiger partial charge in [-0.3, -0.25) is 0 Å². The zero-order valence-electron chi connectivity index (χ0n) is 33.7. The maximum Gasteiger partial charge on any atom is 0.160 e. The van der Waals surface area contributed by atoms with Crippen LogP contribution in [0.3, 0.4) is 0 Å². The summed E-state index contributed by atoms with van der Waals surface area (Å²) in [5.41, 5.74) is 18.4. The highest BCUT2D eigenvalue weighted by molar-refractivity contribution is 6.12. The monoisotopic (exact) mass is 790 g/mol. The SMILES string of the molecule is c1ccc(-c2nc(-c3ccc(-c4ccc5c(c4)-c4ccccc4C5(c4ccccc4)c4ccccc4)cc3)cc(-c3ccc(-c4cccc5oc6ccccc6c45)cc3)n2)cc1. The molecular formula is C59H38N2O. The van der Waals surface area contributed by atoms with E-state index < -0.39 is 5.41 Å². The van der Waals surface area contributed by atoms with Crippen LogP contribution in [0, 0.1) is 0 Å². The molecule has 2 aromatic heterocycles. The van der Waals surface area contributed by atoms with E-state index in [2.05, 4.69) is 194 Å². The standard InChI is InChI=1S/C59H38N2O/c1-4-15-43(16-5-1)58-60-53(38-54(61-58)42-33-29-40(30-34-42)47-23-14-26-56-57(47)49-22-11-13-25-55(49)62-56)41-31-27-39(28-32-41)44-35-36-52-50(37-44)48-21-10-12-24-51(48)59(52,45-17-6-2-7-18-45)46-19-8-3-9-20-46/h1-38H. The number of benzene rings is 9. The van der Waals surface area contributed by atoms with E-state index in [0.717, 1.165) is 66.7 Å². The molecule has 290 valence electrons. The molecule has 0 aliphatic heterocycles. The van der Waals surface area contributed by atoms with Crippen LogP contribution in [0.2, 0.25) is 0 Å². The number of hydrogen-bond donors (Lipinski definition) is 0. The summed E-state index contributed by atoms with van der Waals surface area (Å²) in [6.07, 6.45) is 0. The van der Waals surface area contributed by atoms with Gasteiger partial charge in [-0.25, -0.2) is 9.97 Å². The van der Waals surface area contributed by atoms with Gasteiger partial charge in [0.05, 0.1) is 16.8 Å². The Morgan fingerprint density at radius 3 is 1.53 bits per heavy atom. The Labute approximate surface area is 360 Å². The van der Waals surface area contributed by atoms with Crippen molar-refractivity contribution in [3.8, 4) is 67.3 Å². The van der Waals surface area contributed by atoms with Gasteiger partial charge in [0.2, 0.25) is 0 Å². The van der Waals surface area contributed by atoms with Crippen LogP contribution < -0.4 is 0 Å². The van der Waals surface area contributed by atoms with Gasteiger partial charge >= 0.3 is 0 Å². The van der Waals surface area contributed by atoms with Gasteiger partial charge in [-0.2, -0.15) is 0 Å². The predicted octanol–water partition coefficient (Wildman–Crippen LogP) is 15.1. The molecule has 0 radical (unpaired) electrons. The topological polar surface area (TPSA) is 38.9 Å². The number of nitrogens with zero attached hydrogens (tertiary/aromatic N) is 2. The van der Waals surface area contributed by atoms with Crippen LogP contribution in [0.15, 0.2) is 235 Å². The minimum Gasteiger partial charge on any atom is -0.456 e. The van der Waals surface area contributed by atoms with Crippen LogP contribution in [0.1, 0.15) is 22.3 Å². The zero-order valence-corrected chi connectivity index (χ0v) is 33.7. The highest BCUT2D eigenvalue weighted by atomic mass is 16.3. The third-order valence-electron chi connectivity index (χ3n) is 12.6. The summed E-state index contributed by atoms with van der Waals surface area (Å²) in [5.74, 6) is 0.693. The van der Waals surface area contributed by atoms with Crippen molar-refractivity contribution in [2.45, 2.75) is 5.41 Å².